The molecule has 0 spiro atoms. The van der Waals surface area contributed by atoms with Crippen LogP contribution in [0.5, 0.6) is 0 Å². The summed E-state index contributed by atoms with van der Waals surface area (Å²) in [6.07, 6.45) is 5.29. The van der Waals surface area contributed by atoms with Gasteiger partial charge in [0.2, 0.25) is 5.91 Å². The fourth-order valence-electron chi connectivity index (χ4n) is 4.17. The monoisotopic (exact) mass is 356 g/mol. The molecular weight excluding hydrogens is 332 g/mol. The molecule has 1 aliphatic heterocycles. The van der Waals surface area contributed by atoms with E-state index < -0.39 is 5.60 Å². The second kappa shape index (κ2) is 6.89. The van der Waals surface area contributed by atoms with Crippen molar-refractivity contribution in [2.75, 3.05) is 13.1 Å². The number of nitrogens with zero attached hydrogens (tertiary/aromatic N) is 2. The van der Waals surface area contributed by atoms with Crippen molar-refractivity contribution in [3.8, 4) is 10.6 Å². The summed E-state index contributed by atoms with van der Waals surface area (Å²) in [5.74, 6) is 0.381. The van der Waals surface area contributed by atoms with Crippen LogP contribution in [-0.2, 0) is 11.2 Å². The summed E-state index contributed by atoms with van der Waals surface area (Å²) < 4.78 is 0. The first kappa shape index (κ1) is 16.7. The summed E-state index contributed by atoms with van der Waals surface area (Å²) in [6.45, 7) is 1.37. The minimum atomic E-state index is -0.532. The van der Waals surface area contributed by atoms with Gasteiger partial charge in [0.25, 0.3) is 0 Å². The van der Waals surface area contributed by atoms with Gasteiger partial charge in [-0.2, -0.15) is 0 Å². The first-order chi connectivity index (χ1) is 12.1. The number of rotatable bonds is 3. The lowest BCUT2D eigenvalue weighted by molar-refractivity contribution is -0.142. The van der Waals surface area contributed by atoms with Gasteiger partial charge in [0.05, 0.1) is 17.7 Å². The highest BCUT2D eigenvalue weighted by Gasteiger charge is 2.43. The summed E-state index contributed by atoms with van der Waals surface area (Å²) in [4.78, 5) is 19.3. The maximum absolute atomic E-state index is 12.7. The highest BCUT2D eigenvalue weighted by atomic mass is 32.1. The van der Waals surface area contributed by atoms with Gasteiger partial charge in [-0.3, -0.25) is 4.79 Å². The number of aliphatic hydroxyl groups is 1. The van der Waals surface area contributed by atoms with Gasteiger partial charge in [-0.05, 0) is 19.3 Å². The summed E-state index contributed by atoms with van der Waals surface area (Å²) in [7, 11) is 0. The standard InChI is InChI=1S/C20H24N2O2S/c23-18(22-11-10-20(24)9-5-4-8-16(20)13-22)12-17-14-25-19(21-17)15-6-2-1-3-7-15/h1-3,6-7,14,16,24H,4-5,8-13H2/t16-,20-/m0/s1. The minimum Gasteiger partial charge on any atom is -0.389 e. The van der Waals surface area contributed by atoms with Crippen LogP contribution in [0.1, 0.15) is 37.8 Å². The average molecular weight is 356 g/mol. The third-order valence-corrected chi connectivity index (χ3v) is 6.63. The Morgan fingerprint density at radius 2 is 2.12 bits per heavy atom. The fraction of sp³-hybridized carbons (Fsp3) is 0.500. The average Bonchev–Trinajstić information content (AvgIpc) is 3.10. The zero-order chi connectivity index (χ0) is 17.3. The Labute approximate surface area is 152 Å². The molecule has 2 fully saturated rings. The Hall–Kier alpha value is -1.72. The van der Waals surface area contributed by atoms with E-state index in [2.05, 4.69) is 4.98 Å². The highest BCUT2D eigenvalue weighted by Crippen LogP contribution is 2.39. The number of benzene rings is 1. The molecule has 2 aliphatic rings. The van der Waals surface area contributed by atoms with E-state index in [4.69, 9.17) is 0 Å². The van der Waals surface area contributed by atoms with E-state index >= 15 is 0 Å². The van der Waals surface area contributed by atoms with Crippen molar-refractivity contribution in [3.05, 3.63) is 41.4 Å². The molecule has 1 saturated carbocycles. The molecule has 0 radical (unpaired) electrons. The van der Waals surface area contributed by atoms with Crippen LogP contribution >= 0.6 is 11.3 Å². The Morgan fingerprint density at radius 3 is 2.96 bits per heavy atom. The van der Waals surface area contributed by atoms with Crippen LogP contribution in [0.15, 0.2) is 35.7 Å². The third-order valence-electron chi connectivity index (χ3n) is 5.69. The number of likely N-dealkylation sites (tertiary alicyclic amines) is 1. The van der Waals surface area contributed by atoms with E-state index in [1.807, 2.05) is 40.6 Å². The van der Waals surface area contributed by atoms with Crippen molar-refractivity contribution < 1.29 is 9.90 Å². The number of hydrogen-bond donors (Lipinski definition) is 1. The summed E-state index contributed by atoms with van der Waals surface area (Å²) in [5.41, 5.74) is 1.41. The second-order valence-corrected chi connectivity index (χ2v) is 8.18. The molecule has 132 valence electrons. The number of amides is 1. The van der Waals surface area contributed by atoms with Gasteiger partial charge in [0.1, 0.15) is 5.01 Å². The summed E-state index contributed by atoms with van der Waals surface area (Å²) >= 11 is 1.59. The van der Waals surface area contributed by atoms with Gasteiger partial charge in [0.15, 0.2) is 0 Å². The summed E-state index contributed by atoms with van der Waals surface area (Å²) in [5, 5.41) is 13.7. The molecule has 4 rings (SSSR count). The van der Waals surface area contributed by atoms with E-state index in [0.29, 0.717) is 19.5 Å². The number of hydrogen-bond acceptors (Lipinski definition) is 4. The number of thiazole rings is 1. The second-order valence-electron chi connectivity index (χ2n) is 7.32. The molecule has 0 unspecified atom stereocenters. The van der Waals surface area contributed by atoms with E-state index in [1.165, 1.54) is 6.42 Å². The SMILES string of the molecule is O=C(Cc1csc(-c2ccccc2)n1)N1CC[C@@]2(O)CCCC[C@H]2C1. The Balaban J connectivity index is 1.40. The third kappa shape index (κ3) is 3.48. The quantitative estimate of drug-likeness (QED) is 0.916. The minimum absolute atomic E-state index is 0.137. The Bertz CT molecular complexity index is 745. The van der Waals surface area contributed by atoms with Crippen LogP contribution < -0.4 is 0 Å². The van der Waals surface area contributed by atoms with Crippen LogP contribution in [0.2, 0.25) is 0 Å². The number of carbonyl (C=O) groups excluding carboxylic acids is 1. The maximum Gasteiger partial charge on any atom is 0.228 e. The molecule has 2 atom stereocenters. The molecule has 1 saturated heterocycles. The Morgan fingerprint density at radius 1 is 1.28 bits per heavy atom. The summed E-state index contributed by atoms with van der Waals surface area (Å²) in [6, 6.07) is 10.1. The molecule has 1 aliphatic carbocycles. The molecule has 2 heterocycles. The predicted molar refractivity (Wildman–Crippen MR) is 99.4 cm³/mol. The Kier molecular flexibility index (Phi) is 4.61. The lowest BCUT2D eigenvalue weighted by Crippen LogP contribution is -2.54. The molecule has 5 heteroatoms. The van der Waals surface area contributed by atoms with Gasteiger partial charge in [-0.25, -0.2) is 4.98 Å². The molecule has 1 aromatic heterocycles. The first-order valence-electron chi connectivity index (χ1n) is 9.14. The van der Waals surface area contributed by atoms with Gasteiger partial charge in [-0.15, -0.1) is 11.3 Å². The molecular formula is C20H24N2O2S. The van der Waals surface area contributed by atoms with Gasteiger partial charge in [-0.1, -0.05) is 43.2 Å². The van der Waals surface area contributed by atoms with Gasteiger partial charge >= 0.3 is 0 Å². The highest BCUT2D eigenvalue weighted by molar-refractivity contribution is 7.13. The van der Waals surface area contributed by atoms with Gasteiger partial charge < -0.3 is 10.0 Å². The molecule has 1 amide bonds. The number of piperidine rings is 1. The van der Waals surface area contributed by atoms with Crippen LogP contribution in [-0.4, -0.2) is 39.6 Å². The predicted octanol–water partition coefficient (Wildman–Crippen LogP) is 3.51. The van der Waals surface area contributed by atoms with Crippen molar-refractivity contribution in [3.63, 3.8) is 0 Å². The van der Waals surface area contributed by atoms with Crippen molar-refractivity contribution in [1.82, 2.24) is 9.88 Å². The molecule has 4 nitrogen and oxygen atoms in total. The molecule has 25 heavy (non-hydrogen) atoms. The van der Waals surface area contributed by atoms with Crippen molar-refractivity contribution >= 4 is 17.2 Å². The van der Waals surface area contributed by atoms with Crippen molar-refractivity contribution in [1.29, 1.82) is 0 Å². The van der Waals surface area contributed by atoms with E-state index in [1.54, 1.807) is 11.3 Å². The normalized spacial score (nSPS) is 26.3. The molecule has 0 bridgehead atoms. The van der Waals surface area contributed by atoms with Crippen molar-refractivity contribution in [2.24, 2.45) is 5.92 Å². The van der Waals surface area contributed by atoms with Crippen LogP contribution in [0.4, 0.5) is 0 Å². The molecule has 2 aromatic rings. The van der Waals surface area contributed by atoms with Crippen LogP contribution in [0, 0.1) is 5.92 Å². The lowest BCUT2D eigenvalue weighted by Gasteiger charge is -2.47. The maximum atomic E-state index is 12.7. The lowest BCUT2D eigenvalue weighted by atomic mass is 9.71. The molecule has 1 aromatic carbocycles. The van der Waals surface area contributed by atoms with Crippen molar-refractivity contribution in [2.45, 2.75) is 44.1 Å². The zero-order valence-electron chi connectivity index (χ0n) is 14.4. The molecule has 1 N–H and O–H groups in total. The van der Waals surface area contributed by atoms with Crippen LogP contribution in [0.3, 0.4) is 0 Å². The number of carbonyl (C=O) groups is 1. The van der Waals surface area contributed by atoms with Gasteiger partial charge in [0, 0.05) is 30.0 Å². The fourth-order valence-corrected chi connectivity index (χ4v) is 4.99. The number of aromatic nitrogens is 1. The topological polar surface area (TPSA) is 53.4 Å². The van der Waals surface area contributed by atoms with Crippen LogP contribution in [0.25, 0.3) is 10.6 Å². The first-order valence-corrected chi connectivity index (χ1v) is 10.0. The number of fused-ring (bicyclic) bond motifs is 1. The van der Waals surface area contributed by atoms with E-state index in [0.717, 1.165) is 41.9 Å². The largest absolute Gasteiger partial charge is 0.389 e. The zero-order valence-corrected chi connectivity index (χ0v) is 15.2. The van der Waals surface area contributed by atoms with E-state index in [9.17, 15) is 9.90 Å². The smallest absolute Gasteiger partial charge is 0.228 e. The van der Waals surface area contributed by atoms with E-state index in [-0.39, 0.29) is 11.8 Å².